The second-order valence-electron chi connectivity index (χ2n) is 3.56. The molecule has 0 aliphatic rings. The molecule has 1 N–H and O–H groups in total. The lowest BCUT2D eigenvalue weighted by Gasteiger charge is -2.08. The summed E-state index contributed by atoms with van der Waals surface area (Å²) in [7, 11) is -7.89. The third kappa shape index (κ3) is 4.31. The van der Waals surface area contributed by atoms with Crippen LogP contribution in [0.25, 0.3) is 0 Å². The maximum atomic E-state index is 12.8. The summed E-state index contributed by atoms with van der Waals surface area (Å²) in [6.45, 7) is 0. The van der Waals surface area contributed by atoms with Crippen LogP contribution in [0.1, 0.15) is 5.56 Å². The molecule has 0 aliphatic carbocycles. The molecule has 0 radical (unpaired) electrons. The molecular formula is C9H9FN2O4S2. The fourth-order valence-corrected chi connectivity index (χ4v) is 4.18. The summed E-state index contributed by atoms with van der Waals surface area (Å²) in [5.74, 6) is -0.697. The molecule has 98 valence electrons. The number of anilines is 1. The summed E-state index contributed by atoms with van der Waals surface area (Å²) in [6, 6.07) is 4.46. The molecule has 0 spiro atoms. The molecule has 0 heterocycles. The number of hydrogen-bond acceptors (Lipinski definition) is 5. The zero-order valence-corrected chi connectivity index (χ0v) is 10.8. The summed E-state index contributed by atoms with van der Waals surface area (Å²) in [4.78, 5) is 0. The van der Waals surface area contributed by atoms with Crippen LogP contribution in [0.2, 0.25) is 0 Å². The van der Waals surface area contributed by atoms with Crippen molar-refractivity contribution < 1.29 is 21.2 Å². The van der Waals surface area contributed by atoms with Gasteiger partial charge in [-0.1, -0.05) is 0 Å². The van der Waals surface area contributed by atoms with Crippen LogP contribution < -0.4 is 4.72 Å². The Hall–Kier alpha value is -1.66. The topological polar surface area (TPSA) is 104 Å². The van der Waals surface area contributed by atoms with Gasteiger partial charge in [0.15, 0.2) is 14.9 Å². The molecule has 9 heteroatoms. The van der Waals surface area contributed by atoms with Gasteiger partial charge in [0.05, 0.1) is 11.3 Å². The lowest BCUT2D eigenvalue weighted by atomic mass is 10.2. The number of nitriles is 1. The van der Waals surface area contributed by atoms with Crippen LogP contribution in [0.3, 0.4) is 0 Å². The summed E-state index contributed by atoms with van der Waals surface area (Å²) in [5.41, 5.74) is -0.394. The highest BCUT2D eigenvalue weighted by atomic mass is 32.3. The van der Waals surface area contributed by atoms with Crippen molar-refractivity contribution in [3.63, 3.8) is 0 Å². The number of sulfone groups is 1. The first kappa shape index (κ1) is 14.4. The van der Waals surface area contributed by atoms with E-state index in [1.54, 1.807) is 6.07 Å². The Labute approximate surface area is 104 Å². The summed E-state index contributed by atoms with van der Waals surface area (Å²) < 4.78 is 59.5. The van der Waals surface area contributed by atoms with E-state index in [1.807, 2.05) is 4.72 Å². The van der Waals surface area contributed by atoms with Crippen LogP contribution in [0.15, 0.2) is 18.2 Å². The van der Waals surface area contributed by atoms with Crippen molar-refractivity contribution in [2.75, 3.05) is 16.1 Å². The molecular weight excluding hydrogens is 283 g/mol. The molecule has 6 nitrogen and oxygen atoms in total. The fourth-order valence-electron chi connectivity index (χ4n) is 1.18. The Morgan fingerprint density at radius 1 is 1.33 bits per heavy atom. The van der Waals surface area contributed by atoms with E-state index < -0.39 is 30.8 Å². The van der Waals surface area contributed by atoms with E-state index in [4.69, 9.17) is 5.26 Å². The summed E-state index contributed by atoms with van der Waals surface area (Å²) in [6.07, 6.45) is 0.766. The Kier molecular flexibility index (Phi) is 3.93. The number of sulfonamides is 1. The van der Waals surface area contributed by atoms with Crippen molar-refractivity contribution in [1.82, 2.24) is 0 Å². The van der Waals surface area contributed by atoms with E-state index in [-0.39, 0.29) is 11.3 Å². The van der Waals surface area contributed by atoms with Gasteiger partial charge in [0.2, 0.25) is 10.0 Å². The highest BCUT2D eigenvalue weighted by Crippen LogP contribution is 2.17. The van der Waals surface area contributed by atoms with Crippen molar-refractivity contribution in [3.8, 4) is 6.07 Å². The van der Waals surface area contributed by atoms with Gasteiger partial charge in [-0.05, 0) is 18.2 Å². The highest BCUT2D eigenvalue weighted by Gasteiger charge is 2.19. The van der Waals surface area contributed by atoms with Crippen molar-refractivity contribution in [3.05, 3.63) is 29.6 Å². The van der Waals surface area contributed by atoms with Gasteiger partial charge in [0.1, 0.15) is 11.9 Å². The molecule has 0 unspecified atom stereocenters. The van der Waals surface area contributed by atoms with E-state index in [9.17, 15) is 21.2 Å². The molecule has 0 saturated heterocycles. The number of rotatable bonds is 4. The van der Waals surface area contributed by atoms with E-state index in [1.165, 1.54) is 0 Å². The van der Waals surface area contributed by atoms with E-state index >= 15 is 0 Å². The number of halogens is 1. The fraction of sp³-hybridized carbons (Fsp3) is 0.222. The Morgan fingerprint density at radius 3 is 2.44 bits per heavy atom. The number of hydrogen-bond donors (Lipinski definition) is 1. The first-order valence-corrected chi connectivity index (χ1v) is 8.22. The Balaban J connectivity index is 3.10. The van der Waals surface area contributed by atoms with Crippen LogP contribution in [0.5, 0.6) is 0 Å². The molecule has 0 atom stereocenters. The lowest BCUT2D eigenvalue weighted by molar-refractivity contribution is 0.594. The maximum absolute atomic E-state index is 12.8. The smallest absolute Gasteiger partial charge is 0.247 e. The largest absolute Gasteiger partial charge is 0.281 e. The van der Waals surface area contributed by atoms with Gasteiger partial charge in [-0.3, -0.25) is 4.72 Å². The molecule has 0 saturated carbocycles. The molecule has 1 aromatic carbocycles. The van der Waals surface area contributed by atoms with Gasteiger partial charge in [-0.15, -0.1) is 0 Å². The molecule has 0 aliphatic heterocycles. The van der Waals surface area contributed by atoms with Gasteiger partial charge >= 0.3 is 0 Å². The third-order valence-electron chi connectivity index (χ3n) is 1.74. The van der Waals surface area contributed by atoms with Crippen LogP contribution in [0, 0.1) is 17.1 Å². The molecule has 18 heavy (non-hydrogen) atoms. The summed E-state index contributed by atoms with van der Waals surface area (Å²) >= 11 is 0. The molecule has 0 fully saturated rings. The highest BCUT2D eigenvalue weighted by molar-refractivity contribution is 8.08. The first-order valence-electron chi connectivity index (χ1n) is 4.51. The van der Waals surface area contributed by atoms with E-state index in [0.29, 0.717) is 0 Å². The van der Waals surface area contributed by atoms with Gasteiger partial charge < -0.3 is 0 Å². The van der Waals surface area contributed by atoms with E-state index in [2.05, 4.69) is 0 Å². The average molecular weight is 292 g/mol. The molecule has 1 rings (SSSR count). The molecule has 1 aromatic rings. The van der Waals surface area contributed by atoms with Crippen LogP contribution in [-0.2, 0) is 19.9 Å². The second-order valence-corrected chi connectivity index (χ2v) is 7.79. The van der Waals surface area contributed by atoms with Crippen molar-refractivity contribution >= 4 is 25.5 Å². The number of nitrogens with zero attached hydrogens (tertiary/aromatic N) is 1. The lowest BCUT2D eigenvalue weighted by Crippen LogP contribution is -2.22. The summed E-state index contributed by atoms with van der Waals surface area (Å²) in [5, 5.41) is 7.59. The van der Waals surface area contributed by atoms with Gasteiger partial charge in [0.25, 0.3) is 0 Å². The van der Waals surface area contributed by atoms with Crippen molar-refractivity contribution in [1.29, 1.82) is 5.26 Å². The Morgan fingerprint density at radius 2 is 1.94 bits per heavy atom. The van der Waals surface area contributed by atoms with Gasteiger partial charge in [-0.2, -0.15) is 5.26 Å². The maximum Gasteiger partial charge on any atom is 0.247 e. The van der Waals surface area contributed by atoms with Gasteiger partial charge in [0, 0.05) is 6.26 Å². The predicted octanol–water partition coefficient (Wildman–Crippen LogP) is 0.441. The van der Waals surface area contributed by atoms with Crippen molar-refractivity contribution in [2.45, 2.75) is 0 Å². The number of nitrogens with one attached hydrogen (secondary N) is 1. The van der Waals surface area contributed by atoms with E-state index in [0.717, 1.165) is 24.5 Å². The minimum Gasteiger partial charge on any atom is -0.281 e. The molecule has 0 bridgehead atoms. The minimum atomic E-state index is -4.15. The molecule has 0 aromatic heterocycles. The second kappa shape index (κ2) is 4.91. The standard InChI is InChI=1S/C9H9FN2O4S2/c1-17(13,14)6-18(15,16)12-9-3-2-8(10)4-7(9)5-11/h2-4,12H,6H2,1H3. The van der Waals surface area contributed by atoms with Crippen LogP contribution >= 0.6 is 0 Å². The third-order valence-corrected chi connectivity index (χ3v) is 5.22. The van der Waals surface area contributed by atoms with Crippen molar-refractivity contribution in [2.24, 2.45) is 0 Å². The monoisotopic (exact) mass is 292 g/mol. The Bertz CT molecular complexity index is 705. The zero-order chi connectivity index (χ0) is 14.0. The number of benzene rings is 1. The normalized spacial score (nSPS) is 11.8. The quantitative estimate of drug-likeness (QED) is 0.867. The predicted molar refractivity (Wildman–Crippen MR) is 63.4 cm³/mol. The average Bonchev–Trinajstić information content (AvgIpc) is 2.16. The SMILES string of the molecule is CS(=O)(=O)CS(=O)(=O)Nc1ccc(F)cc1C#N. The van der Waals surface area contributed by atoms with Crippen LogP contribution in [0.4, 0.5) is 10.1 Å². The zero-order valence-electron chi connectivity index (χ0n) is 9.21. The molecule has 0 amide bonds. The van der Waals surface area contributed by atoms with Crippen LogP contribution in [-0.4, -0.2) is 28.2 Å². The first-order chi connectivity index (χ1) is 8.13. The van der Waals surface area contributed by atoms with Gasteiger partial charge in [-0.25, -0.2) is 21.2 Å². The minimum absolute atomic E-state index is 0.164.